The van der Waals surface area contributed by atoms with Gasteiger partial charge in [0, 0.05) is 5.69 Å². The first-order chi connectivity index (χ1) is 9.49. The summed E-state index contributed by atoms with van der Waals surface area (Å²) in [5.74, 6) is -0.946. The molecule has 1 fully saturated rings. The molecule has 1 unspecified atom stereocenters. The van der Waals surface area contributed by atoms with Gasteiger partial charge >= 0.3 is 0 Å². The van der Waals surface area contributed by atoms with Crippen molar-refractivity contribution in [2.45, 2.75) is 25.3 Å². The number of hydrogen-bond donors (Lipinski definition) is 3. The summed E-state index contributed by atoms with van der Waals surface area (Å²) in [6.07, 6.45) is 1.74. The quantitative estimate of drug-likeness (QED) is 0.690. The molecule has 0 bridgehead atoms. The van der Waals surface area contributed by atoms with E-state index >= 15 is 0 Å². The van der Waals surface area contributed by atoms with Crippen molar-refractivity contribution in [1.82, 2.24) is 10.6 Å². The van der Waals surface area contributed by atoms with Gasteiger partial charge in [0.1, 0.15) is 0 Å². The van der Waals surface area contributed by atoms with E-state index in [4.69, 9.17) is 0 Å². The van der Waals surface area contributed by atoms with Crippen LogP contribution >= 0.6 is 0 Å². The number of hydrogen-bond acceptors (Lipinski definition) is 4. The third-order valence-electron chi connectivity index (χ3n) is 3.86. The molecule has 0 aromatic heterocycles. The minimum atomic E-state index is -0.572. The van der Waals surface area contributed by atoms with Crippen molar-refractivity contribution < 1.29 is 14.4 Å². The Kier molecular flexibility index (Phi) is 2.83. The van der Waals surface area contributed by atoms with E-state index in [1.807, 2.05) is 6.92 Å². The topological polar surface area (TPSA) is 87.3 Å². The van der Waals surface area contributed by atoms with Crippen LogP contribution in [0.15, 0.2) is 18.2 Å². The smallest absolute Gasteiger partial charge is 0.259 e. The molecule has 0 spiro atoms. The lowest BCUT2D eigenvalue weighted by Gasteiger charge is -2.23. The van der Waals surface area contributed by atoms with Gasteiger partial charge in [-0.05, 0) is 44.5 Å². The van der Waals surface area contributed by atoms with Crippen LogP contribution < -0.4 is 16.0 Å². The Labute approximate surface area is 115 Å². The highest BCUT2D eigenvalue weighted by Crippen LogP contribution is 2.23. The van der Waals surface area contributed by atoms with E-state index in [9.17, 15) is 14.4 Å². The molecular formula is C14H15N3O3. The van der Waals surface area contributed by atoms with Crippen molar-refractivity contribution in [1.29, 1.82) is 0 Å². The molecule has 3 N–H and O–H groups in total. The Bertz CT molecular complexity index is 618. The van der Waals surface area contributed by atoms with Crippen molar-refractivity contribution in [3.8, 4) is 0 Å². The standard InChI is InChI=1S/C14H15N3O3/c1-14(5-2-6-15-14)13(20)16-8-3-4-9-10(7-8)12(19)17-11(9)18/h3-4,7,15H,2,5-6H2,1H3,(H,16,20)(H,17,18,19). The fourth-order valence-corrected chi connectivity index (χ4v) is 2.60. The highest BCUT2D eigenvalue weighted by Gasteiger charge is 2.36. The Morgan fingerprint density at radius 1 is 1.25 bits per heavy atom. The van der Waals surface area contributed by atoms with E-state index in [1.165, 1.54) is 6.07 Å². The molecule has 0 saturated carbocycles. The zero-order chi connectivity index (χ0) is 14.3. The summed E-state index contributed by atoms with van der Waals surface area (Å²) >= 11 is 0. The predicted molar refractivity (Wildman–Crippen MR) is 72.5 cm³/mol. The normalized spacial score (nSPS) is 24.4. The van der Waals surface area contributed by atoms with E-state index in [0.29, 0.717) is 16.8 Å². The van der Waals surface area contributed by atoms with Gasteiger partial charge < -0.3 is 10.6 Å². The van der Waals surface area contributed by atoms with Gasteiger partial charge in [-0.25, -0.2) is 0 Å². The van der Waals surface area contributed by atoms with Gasteiger partial charge in [-0.3, -0.25) is 19.7 Å². The summed E-state index contributed by atoms with van der Waals surface area (Å²) < 4.78 is 0. The molecule has 1 aromatic rings. The van der Waals surface area contributed by atoms with Crippen LogP contribution in [-0.2, 0) is 4.79 Å². The molecule has 6 nitrogen and oxygen atoms in total. The van der Waals surface area contributed by atoms with E-state index in [-0.39, 0.29) is 5.91 Å². The lowest BCUT2D eigenvalue weighted by Crippen LogP contribution is -2.47. The molecule has 1 saturated heterocycles. The maximum Gasteiger partial charge on any atom is 0.259 e. The number of imide groups is 1. The first-order valence-corrected chi connectivity index (χ1v) is 6.56. The van der Waals surface area contributed by atoms with Crippen molar-refractivity contribution in [2.75, 3.05) is 11.9 Å². The van der Waals surface area contributed by atoms with E-state index in [2.05, 4.69) is 16.0 Å². The summed E-state index contributed by atoms with van der Waals surface area (Å²) in [5.41, 5.74) is 0.598. The third-order valence-corrected chi connectivity index (χ3v) is 3.86. The maximum absolute atomic E-state index is 12.2. The maximum atomic E-state index is 12.2. The van der Waals surface area contributed by atoms with Crippen molar-refractivity contribution >= 4 is 23.4 Å². The van der Waals surface area contributed by atoms with Gasteiger partial charge in [-0.15, -0.1) is 0 Å². The number of rotatable bonds is 2. The minimum Gasteiger partial charge on any atom is -0.324 e. The van der Waals surface area contributed by atoms with Crippen molar-refractivity contribution in [3.05, 3.63) is 29.3 Å². The van der Waals surface area contributed by atoms with Crippen LogP contribution in [0.4, 0.5) is 5.69 Å². The van der Waals surface area contributed by atoms with Crippen molar-refractivity contribution in [2.24, 2.45) is 0 Å². The van der Waals surface area contributed by atoms with E-state index in [0.717, 1.165) is 19.4 Å². The first kappa shape index (κ1) is 12.8. The van der Waals surface area contributed by atoms with Crippen LogP contribution in [0, 0.1) is 0 Å². The molecule has 1 aromatic carbocycles. The lowest BCUT2D eigenvalue weighted by atomic mass is 9.99. The van der Waals surface area contributed by atoms with Crippen LogP contribution in [0.3, 0.4) is 0 Å². The monoisotopic (exact) mass is 273 g/mol. The van der Waals surface area contributed by atoms with E-state index < -0.39 is 17.4 Å². The number of carbonyl (C=O) groups is 3. The lowest BCUT2D eigenvalue weighted by molar-refractivity contribution is -0.121. The summed E-state index contributed by atoms with van der Waals surface area (Å²) in [6, 6.07) is 4.72. The number of anilines is 1. The fraction of sp³-hybridized carbons (Fsp3) is 0.357. The molecule has 104 valence electrons. The van der Waals surface area contributed by atoms with Gasteiger partial charge in [0.15, 0.2) is 0 Å². The number of benzene rings is 1. The average Bonchev–Trinajstić information content (AvgIpc) is 2.96. The van der Waals surface area contributed by atoms with Gasteiger partial charge in [0.25, 0.3) is 11.8 Å². The number of carbonyl (C=O) groups excluding carboxylic acids is 3. The Morgan fingerprint density at radius 3 is 2.70 bits per heavy atom. The van der Waals surface area contributed by atoms with Gasteiger partial charge in [-0.2, -0.15) is 0 Å². The Hall–Kier alpha value is -2.21. The Morgan fingerprint density at radius 2 is 2.00 bits per heavy atom. The van der Waals surface area contributed by atoms with Crippen LogP contribution in [0.1, 0.15) is 40.5 Å². The summed E-state index contributed by atoms with van der Waals surface area (Å²) in [5, 5.41) is 8.19. The predicted octanol–water partition coefficient (Wildman–Crippen LogP) is 0.651. The zero-order valence-electron chi connectivity index (χ0n) is 11.1. The van der Waals surface area contributed by atoms with Crippen LogP contribution in [0.25, 0.3) is 0 Å². The van der Waals surface area contributed by atoms with Gasteiger partial charge in [-0.1, -0.05) is 0 Å². The number of nitrogens with one attached hydrogen (secondary N) is 3. The van der Waals surface area contributed by atoms with Crippen LogP contribution in [0.5, 0.6) is 0 Å². The SMILES string of the molecule is CC1(C(=O)Nc2ccc3c(c2)C(=O)NC3=O)CCCN1. The molecule has 3 rings (SSSR count). The summed E-state index contributed by atoms with van der Waals surface area (Å²) in [6.45, 7) is 2.68. The summed E-state index contributed by atoms with van der Waals surface area (Å²) in [4.78, 5) is 35.3. The number of fused-ring (bicyclic) bond motifs is 1. The largest absolute Gasteiger partial charge is 0.324 e. The number of amides is 3. The molecule has 3 amide bonds. The average molecular weight is 273 g/mol. The van der Waals surface area contributed by atoms with E-state index in [1.54, 1.807) is 12.1 Å². The highest BCUT2D eigenvalue weighted by atomic mass is 16.2. The highest BCUT2D eigenvalue weighted by molar-refractivity contribution is 6.22. The molecule has 0 radical (unpaired) electrons. The second-order valence-electron chi connectivity index (χ2n) is 5.36. The van der Waals surface area contributed by atoms with Crippen LogP contribution in [-0.4, -0.2) is 29.8 Å². The molecular weight excluding hydrogens is 258 g/mol. The molecule has 2 aliphatic heterocycles. The second-order valence-corrected chi connectivity index (χ2v) is 5.36. The summed E-state index contributed by atoms with van der Waals surface area (Å²) in [7, 11) is 0. The molecule has 2 aliphatic rings. The van der Waals surface area contributed by atoms with Gasteiger partial charge in [0.2, 0.25) is 5.91 Å². The first-order valence-electron chi connectivity index (χ1n) is 6.56. The molecule has 20 heavy (non-hydrogen) atoms. The zero-order valence-corrected chi connectivity index (χ0v) is 11.1. The van der Waals surface area contributed by atoms with Crippen LogP contribution in [0.2, 0.25) is 0 Å². The molecule has 1 atom stereocenters. The van der Waals surface area contributed by atoms with Gasteiger partial charge in [0.05, 0.1) is 16.7 Å². The second kappa shape index (κ2) is 4.42. The third kappa shape index (κ3) is 1.98. The Balaban J connectivity index is 1.82. The molecule has 6 heteroatoms. The molecule has 0 aliphatic carbocycles. The fourth-order valence-electron chi connectivity index (χ4n) is 2.60. The molecule has 2 heterocycles. The minimum absolute atomic E-state index is 0.125. The van der Waals surface area contributed by atoms with Crippen molar-refractivity contribution in [3.63, 3.8) is 0 Å².